The highest BCUT2D eigenvalue weighted by atomic mass is 19.1. The third kappa shape index (κ3) is 3.92. The number of aromatic nitrogens is 1. The van der Waals surface area contributed by atoms with E-state index in [4.69, 9.17) is 9.57 Å². The summed E-state index contributed by atoms with van der Waals surface area (Å²) >= 11 is 0. The van der Waals surface area contributed by atoms with E-state index in [0.717, 1.165) is 16.0 Å². The summed E-state index contributed by atoms with van der Waals surface area (Å²) in [5.41, 5.74) is 2.03. The molecule has 0 saturated heterocycles. The molecule has 1 aromatic heterocycles. The Morgan fingerprint density at radius 1 is 1.16 bits per heavy atom. The zero-order valence-corrected chi connectivity index (χ0v) is 13.9. The Kier molecular flexibility index (Phi) is 4.90. The van der Waals surface area contributed by atoms with Gasteiger partial charge in [0.2, 0.25) is 0 Å². The first kappa shape index (κ1) is 16.9. The summed E-state index contributed by atoms with van der Waals surface area (Å²) in [4.78, 5) is 21.3. The minimum Gasteiger partial charge on any atom is -0.489 e. The number of benzene rings is 2. The van der Waals surface area contributed by atoms with E-state index >= 15 is 0 Å². The van der Waals surface area contributed by atoms with Crippen molar-refractivity contribution in [2.24, 2.45) is 0 Å². The van der Waals surface area contributed by atoms with Gasteiger partial charge in [-0.05, 0) is 35.9 Å². The Balaban J connectivity index is 1.76. The SMILES string of the molecule is CON(C)C(=O)c1cnc2cc(OCc3ccc(F)cc3)ccc2c1. The van der Waals surface area contributed by atoms with Gasteiger partial charge in [-0.15, -0.1) is 0 Å². The molecule has 0 aliphatic heterocycles. The summed E-state index contributed by atoms with van der Waals surface area (Å²) in [5, 5.41) is 1.97. The molecular formula is C19H17FN2O3. The van der Waals surface area contributed by atoms with E-state index in [2.05, 4.69) is 4.98 Å². The number of amides is 1. The summed E-state index contributed by atoms with van der Waals surface area (Å²) in [6, 6.07) is 13.4. The third-order valence-electron chi connectivity index (χ3n) is 3.78. The maximum Gasteiger partial charge on any atom is 0.278 e. The predicted octanol–water partition coefficient (Wildman–Crippen LogP) is 3.59. The van der Waals surface area contributed by atoms with Gasteiger partial charge in [0.1, 0.15) is 18.2 Å². The molecule has 0 spiro atoms. The van der Waals surface area contributed by atoms with Crippen LogP contribution in [0.4, 0.5) is 4.39 Å². The highest BCUT2D eigenvalue weighted by Crippen LogP contribution is 2.21. The van der Waals surface area contributed by atoms with Crippen molar-refractivity contribution >= 4 is 16.8 Å². The fourth-order valence-electron chi connectivity index (χ4n) is 2.32. The maximum atomic E-state index is 12.9. The summed E-state index contributed by atoms with van der Waals surface area (Å²) in [5.74, 6) is 0.106. The van der Waals surface area contributed by atoms with E-state index in [1.807, 2.05) is 12.1 Å². The number of hydrogen-bond acceptors (Lipinski definition) is 4. The van der Waals surface area contributed by atoms with Crippen molar-refractivity contribution < 1.29 is 18.8 Å². The fraction of sp³-hybridized carbons (Fsp3) is 0.158. The topological polar surface area (TPSA) is 51.7 Å². The molecule has 0 radical (unpaired) electrons. The number of carbonyl (C=O) groups excluding carboxylic acids is 1. The Morgan fingerprint density at radius 3 is 2.64 bits per heavy atom. The van der Waals surface area contributed by atoms with Crippen LogP contribution in [0.2, 0.25) is 0 Å². The van der Waals surface area contributed by atoms with Crippen LogP contribution in [0, 0.1) is 5.82 Å². The molecule has 1 amide bonds. The standard InChI is InChI=1S/C19H17FN2O3/c1-22(24-2)19(23)15-9-14-5-8-17(10-18(14)21-11-15)25-12-13-3-6-16(20)7-4-13/h3-11H,12H2,1-2H3. The van der Waals surface area contributed by atoms with Crippen LogP contribution in [0.3, 0.4) is 0 Å². The summed E-state index contributed by atoms with van der Waals surface area (Å²) < 4.78 is 18.6. The van der Waals surface area contributed by atoms with Crippen LogP contribution in [-0.4, -0.2) is 30.1 Å². The Hall–Kier alpha value is -2.99. The number of ether oxygens (including phenoxy) is 1. The number of nitrogens with zero attached hydrogens (tertiary/aromatic N) is 2. The summed E-state index contributed by atoms with van der Waals surface area (Å²) in [7, 11) is 2.97. The number of carbonyl (C=O) groups is 1. The normalized spacial score (nSPS) is 10.7. The molecule has 0 aliphatic carbocycles. The fourth-order valence-corrected chi connectivity index (χ4v) is 2.32. The van der Waals surface area contributed by atoms with E-state index in [1.165, 1.54) is 25.4 Å². The second-order valence-corrected chi connectivity index (χ2v) is 5.48. The molecule has 0 saturated carbocycles. The van der Waals surface area contributed by atoms with Gasteiger partial charge in [-0.25, -0.2) is 9.45 Å². The highest BCUT2D eigenvalue weighted by Gasteiger charge is 2.12. The van der Waals surface area contributed by atoms with Crippen molar-refractivity contribution in [1.82, 2.24) is 10.0 Å². The van der Waals surface area contributed by atoms with Gasteiger partial charge >= 0.3 is 0 Å². The molecule has 25 heavy (non-hydrogen) atoms. The van der Waals surface area contributed by atoms with Gasteiger partial charge in [0.05, 0.1) is 18.2 Å². The van der Waals surface area contributed by atoms with E-state index in [-0.39, 0.29) is 11.7 Å². The van der Waals surface area contributed by atoms with Crippen LogP contribution < -0.4 is 4.74 Å². The lowest BCUT2D eigenvalue weighted by atomic mass is 10.1. The predicted molar refractivity (Wildman–Crippen MR) is 91.6 cm³/mol. The number of rotatable bonds is 5. The summed E-state index contributed by atoms with van der Waals surface area (Å²) in [6.07, 6.45) is 1.50. The molecule has 2 aromatic carbocycles. The molecular weight excluding hydrogens is 323 g/mol. The van der Waals surface area contributed by atoms with Crippen molar-refractivity contribution in [3.8, 4) is 5.75 Å². The average Bonchev–Trinajstić information content (AvgIpc) is 2.65. The molecule has 1 heterocycles. The van der Waals surface area contributed by atoms with Crippen molar-refractivity contribution in [2.45, 2.75) is 6.61 Å². The Morgan fingerprint density at radius 2 is 1.92 bits per heavy atom. The first-order valence-corrected chi connectivity index (χ1v) is 7.66. The van der Waals surface area contributed by atoms with Crippen LogP contribution in [0.25, 0.3) is 10.9 Å². The molecule has 0 atom stereocenters. The zero-order valence-electron chi connectivity index (χ0n) is 13.9. The van der Waals surface area contributed by atoms with Gasteiger partial charge in [-0.2, -0.15) is 0 Å². The molecule has 0 aliphatic rings. The molecule has 0 N–H and O–H groups in total. The summed E-state index contributed by atoms with van der Waals surface area (Å²) in [6.45, 7) is 0.334. The van der Waals surface area contributed by atoms with Gasteiger partial charge in [0.25, 0.3) is 5.91 Å². The Bertz CT molecular complexity index is 897. The van der Waals surface area contributed by atoms with Crippen LogP contribution in [0.1, 0.15) is 15.9 Å². The van der Waals surface area contributed by atoms with Crippen molar-refractivity contribution in [3.05, 3.63) is 71.7 Å². The average molecular weight is 340 g/mol. The van der Waals surface area contributed by atoms with Crippen LogP contribution in [0.15, 0.2) is 54.7 Å². The van der Waals surface area contributed by atoms with Crippen molar-refractivity contribution in [1.29, 1.82) is 0 Å². The molecule has 128 valence electrons. The zero-order chi connectivity index (χ0) is 17.8. The third-order valence-corrected chi connectivity index (χ3v) is 3.78. The molecule has 0 fully saturated rings. The molecule has 6 heteroatoms. The first-order chi connectivity index (χ1) is 12.1. The molecule has 3 rings (SSSR count). The minimum absolute atomic E-state index is 0.270. The number of halogens is 1. The number of hydrogen-bond donors (Lipinski definition) is 0. The maximum absolute atomic E-state index is 12.9. The minimum atomic E-state index is -0.275. The van der Waals surface area contributed by atoms with Crippen molar-refractivity contribution in [2.75, 3.05) is 14.2 Å². The lowest BCUT2D eigenvalue weighted by Crippen LogP contribution is -2.25. The van der Waals surface area contributed by atoms with Crippen LogP contribution >= 0.6 is 0 Å². The largest absolute Gasteiger partial charge is 0.489 e. The van der Waals surface area contributed by atoms with Gasteiger partial charge < -0.3 is 4.74 Å². The van der Waals surface area contributed by atoms with Crippen LogP contribution in [-0.2, 0) is 11.4 Å². The van der Waals surface area contributed by atoms with Crippen LogP contribution in [0.5, 0.6) is 5.75 Å². The monoisotopic (exact) mass is 340 g/mol. The van der Waals surface area contributed by atoms with Crippen molar-refractivity contribution in [3.63, 3.8) is 0 Å². The molecule has 0 unspecified atom stereocenters. The van der Waals surface area contributed by atoms with E-state index in [1.54, 1.807) is 31.3 Å². The lowest BCUT2D eigenvalue weighted by Gasteiger charge is -2.13. The Labute approximate surface area is 144 Å². The second-order valence-electron chi connectivity index (χ2n) is 5.48. The number of pyridine rings is 1. The number of hydroxylamine groups is 2. The quantitative estimate of drug-likeness (QED) is 0.666. The van der Waals surface area contributed by atoms with E-state index < -0.39 is 0 Å². The van der Waals surface area contributed by atoms with Gasteiger partial charge in [-0.3, -0.25) is 14.6 Å². The van der Waals surface area contributed by atoms with E-state index in [0.29, 0.717) is 23.4 Å². The smallest absolute Gasteiger partial charge is 0.278 e. The second kappa shape index (κ2) is 7.27. The lowest BCUT2D eigenvalue weighted by molar-refractivity contribution is -0.0757. The van der Waals surface area contributed by atoms with Gasteiger partial charge in [0.15, 0.2) is 0 Å². The van der Waals surface area contributed by atoms with Gasteiger partial charge in [-0.1, -0.05) is 12.1 Å². The molecule has 5 nitrogen and oxygen atoms in total. The van der Waals surface area contributed by atoms with E-state index in [9.17, 15) is 9.18 Å². The molecule has 3 aromatic rings. The highest BCUT2D eigenvalue weighted by molar-refractivity contribution is 5.96. The first-order valence-electron chi connectivity index (χ1n) is 7.66. The number of fused-ring (bicyclic) bond motifs is 1. The van der Waals surface area contributed by atoms with Gasteiger partial charge in [0, 0.05) is 24.7 Å². The molecule has 0 bridgehead atoms.